The second-order valence-electron chi connectivity index (χ2n) is 7.41. The molecule has 3 aromatic rings. The van der Waals surface area contributed by atoms with E-state index >= 15 is 0 Å². The Kier molecular flexibility index (Phi) is 6.35. The van der Waals surface area contributed by atoms with Gasteiger partial charge in [0.05, 0.1) is 15.6 Å². The van der Waals surface area contributed by atoms with Gasteiger partial charge in [0, 0.05) is 29.9 Å². The molecule has 0 radical (unpaired) electrons. The van der Waals surface area contributed by atoms with E-state index in [1.165, 1.54) is 42.5 Å². The number of nitrogens with one attached hydrogen (secondary N) is 2. The maximum Gasteiger partial charge on any atom is 0.261 e. The lowest BCUT2D eigenvalue weighted by Gasteiger charge is -2.18. The summed E-state index contributed by atoms with van der Waals surface area (Å²) in [4.78, 5) is 26.1. The fourth-order valence-electron chi connectivity index (χ4n) is 3.45. The molecule has 1 aliphatic heterocycles. The molecule has 2 amide bonds. The summed E-state index contributed by atoms with van der Waals surface area (Å²) in [5, 5.41) is 3.00. The molecule has 7 nitrogen and oxygen atoms in total. The predicted octanol–water partition coefficient (Wildman–Crippen LogP) is 4.66. The van der Waals surface area contributed by atoms with E-state index in [0.29, 0.717) is 29.4 Å². The Bertz CT molecular complexity index is 1330. The average Bonchev–Trinajstić information content (AvgIpc) is 3.21. The van der Waals surface area contributed by atoms with Crippen LogP contribution in [0.4, 0.5) is 21.5 Å². The van der Waals surface area contributed by atoms with Crippen molar-refractivity contribution < 1.29 is 22.4 Å². The Balaban J connectivity index is 1.50. The summed E-state index contributed by atoms with van der Waals surface area (Å²) in [5.41, 5.74) is 1.29. The molecule has 0 aromatic heterocycles. The monoisotopic (exact) mass is 487 g/mol. The van der Waals surface area contributed by atoms with Gasteiger partial charge in [0.15, 0.2) is 0 Å². The number of carbonyl (C=O) groups excluding carboxylic acids is 2. The first-order valence-electron chi connectivity index (χ1n) is 10.0. The molecule has 0 spiro atoms. The van der Waals surface area contributed by atoms with Gasteiger partial charge in [-0.05, 0) is 67.1 Å². The molecule has 1 fully saturated rings. The second kappa shape index (κ2) is 9.21. The molecule has 4 rings (SSSR count). The molecule has 1 heterocycles. The summed E-state index contributed by atoms with van der Waals surface area (Å²) in [6, 6.07) is 15.2. The number of benzene rings is 3. The van der Waals surface area contributed by atoms with Crippen LogP contribution < -0.4 is 14.9 Å². The number of rotatable bonds is 6. The Morgan fingerprint density at radius 3 is 2.39 bits per heavy atom. The van der Waals surface area contributed by atoms with Gasteiger partial charge in [0.2, 0.25) is 5.91 Å². The van der Waals surface area contributed by atoms with Gasteiger partial charge in [-0.2, -0.15) is 0 Å². The molecule has 0 aliphatic carbocycles. The van der Waals surface area contributed by atoms with Gasteiger partial charge in [0.25, 0.3) is 15.9 Å². The molecule has 0 saturated carbocycles. The molecule has 2 N–H and O–H groups in total. The van der Waals surface area contributed by atoms with Crippen LogP contribution in [-0.2, 0) is 14.8 Å². The fourth-order valence-corrected chi connectivity index (χ4v) is 4.83. The van der Waals surface area contributed by atoms with E-state index in [4.69, 9.17) is 11.6 Å². The lowest BCUT2D eigenvalue weighted by molar-refractivity contribution is -0.117. The second-order valence-corrected chi connectivity index (χ2v) is 9.50. The number of halogens is 2. The first-order valence-corrected chi connectivity index (χ1v) is 11.9. The molecule has 0 atom stereocenters. The number of nitrogens with zero attached hydrogens (tertiary/aromatic N) is 1. The zero-order valence-electron chi connectivity index (χ0n) is 17.2. The van der Waals surface area contributed by atoms with Crippen LogP contribution in [0.25, 0.3) is 0 Å². The summed E-state index contributed by atoms with van der Waals surface area (Å²) >= 11 is 6.32. The van der Waals surface area contributed by atoms with Crippen LogP contribution in [-0.4, -0.2) is 26.8 Å². The van der Waals surface area contributed by atoms with Crippen molar-refractivity contribution in [3.05, 3.63) is 83.1 Å². The number of sulfonamides is 1. The topological polar surface area (TPSA) is 95.6 Å². The van der Waals surface area contributed by atoms with Crippen LogP contribution in [0.3, 0.4) is 0 Å². The Labute approximate surface area is 195 Å². The molecule has 33 heavy (non-hydrogen) atoms. The Morgan fingerprint density at radius 2 is 1.73 bits per heavy atom. The standard InChI is InChI=1S/C23H19ClFN3O4S/c24-20-14-18(10-11-21(20)28-12-2-5-22(28)29)26-23(30)15-3-1-4-19(13-15)33(31,32)27-17-8-6-16(25)7-9-17/h1,3-4,6-11,13-14,27H,2,5,12H2,(H,26,30). The van der Waals surface area contributed by atoms with Crippen LogP contribution in [0, 0.1) is 5.82 Å². The van der Waals surface area contributed by atoms with Crippen molar-refractivity contribution in [3.8, 4) is 0 Å². The van der Waals surface area contributed by atoms with E-state index in [1.807, 2.05) is 0 Å². The summed E-state index contributed by atoms with van der Waals surface area (Å²) in [6.45, 7) is 0.595. The zero-order chi connectivity index (χ0) is 23.6. The molecule has 10 heteroatoms. The van der Waals surface area contributed by atoms with E-state index < -0.39 is 21.7 Å². The van der Waals surface area contributed by atoms with Gasteiger partial charge in [-0.1, -0.05) is 17.7 Å². The minimum atomic E-state index is -3.99. The average molecular weight is 488 g/mol. The van der Waals surface area contributed by atoms with Gasteiger partial charge < -0.3 is 10.2 Å². The van der Waals surface area contributed by atoms with Gasteiger partial charge >= 0.3 is 0 Å². The van der Waals surface area contributed by atoms with E-state index in [9.17, 15) is 22.4 Å². The number of hydrogen-bond donors (Lipinski definition) is 2. The molecule has 0 unspecified atom stereocenters. The van der Waals surface area contributed by atoms with Crippen molar-refractivity contribution in [2.24, 2.45) is 0 Å². The van der Waals surface area contributed by atoms with Crippen LogP contribution in [0.1, 0.15) is 23.2 Å². The van der Waals surface area contributed by atoms with Gasteiger partial charge in [-0.3, -0.25) is 14.3 Å². The van der Waals surface area contributed by atoms with Crippen molar-refractivity contribution in [2.75, 3.05) is 21.5 Å². The van der Waals surface area contributed by atoms with Crippen LogP contribution in [0.2, 0.25) is 5.02 Å². The number of carbonyl (C=O) groups is 2. The molecular weight excluding hydrogens is 469 g/mol. The minimum absolute atomic E-state index is 0.000886. The Morgan fingerprint density at radius 1 is 1.00 bits per heavy atom. The zero-order valence-corrected chi connectivity index (χ0v) is 18.8. The first-order chi connectivity index (χ1) is 15.7. The largest absolute Gasteiger partial charge is 0.322 e. The van der Waals surface area contributed by atoms with Crippen molar-refractivity contribution in [1.29, 1.82) is 0 Å². The molecular formula is C23H19ClFN3O4S. The highest BCUT2D eigenvalue weighted by molar-refractivity contribution is 7.92. The fraction of sp³-hybridized carbons (Fsp3) is 0.130. The van der Waals surface area contributed by atoms with Crippen LogP contribution in [0.15, 0.2) is 71.6 Å². The minimum Gasteiger partial charge on any atom is -0.322 e. The highest BCUT2D eigenvalue weighted by Gasteiger charge is 2.24. The maximum absolute atomic E-state index is 13.1. The third-order valence-corrected chi connectivity index (χ3v) is 6.75. The summed E-state index contributed by atoms with van der Waals surface area (Å²) in [6.07, 6.45) is 1.24. The molecule has 0 bridgehead atoms. The smallest absolute Gasteiger partial charge is 0.261 e. The van der Waals surface area contributed by atoms with Crippen molar-refractivity contribution in [2.45, 2.75) is 17.7 Å². The number of amides is 2. The summed E-state index contributed by atoms with van der Waals surface area (Å²) < 4.78 is 40.7. The van der Waals surface area contributed by atoms with Crippen LogP contribution >= 0.6 is 11.6 Å². The lowest BCUT2D eigenvalue weighted by Crippen LogP contribution is -2.24. The van der Waals surface area contributed by atoms with Gasteiger partial charge in [-0.25, -0.2) is 12.8 Å². The predicted molar refractivity (Wildman–Crippen MR) is 125 cm³/mol. The summed E-state index contributed by atoms with van der Waals surface area (Å²) in [5.74, 6) is -1.02. The van der Waals surface area contributed by atoms with Crippen LogP contribution in [0.5, 0.6) is 0 Å². The normalized spacial score (nSPS) is 13.8. The van der Waals surface area contributed by atoms with E-state index in [2.05, 4.69) is 10.0 Å². The highest BCUT2D eigenvalue weighted by atomic mass is 35.5. The van der Waals surface area contributed by atoms with E-state index in [0.717, 1.165) is 18.6 Å². The van der Waals surface area contributed by atoms with Gasteiger partial charge in [-0.15, -0.1) is 0 Å². The van der Waals surface area contributed by atoms with E-state index in [-0.39, 0.29) is 22.1 Å². The molecule has 170 valence electrons. The Hall–Kier alpha value is -3.43. The van der Waals surface area contributed by atoms with Gasteiger partial charge in [0.1, 0.15) is 5.82 Å². The molecule has 1 saturated heterocycles. The third kappa shape index (κ3) is 5.15. The van der Waals surface area contributed by atoms with Crippen molar-refractivity contribution >= 4 is 50.5 Å². The third-order valence-electron chi connectivity index (χ3n) is 5.07. The first kappa shape index (κ1) is 22.8. The SMILES string of the molecule is O=C(Nc1ccc(N2CCCC2=O)c(Cl)c1)c1cccc(S(=O)(=O)Nc2ccc(F)cc2)c1. The number of anilines is 3. The van der Waals surface area contributed by atoms with Crippen molar-refractivity contribution in [1.82, 2.24) is 0 Å². The quantitative estimate of drug-likeness (QED) is 0.528. The van der Waals surface area contributed by atoms with Crippen molar-refractivity contribution in [3.63, 3.8) is 0 Å². The number of hydrogen-bond acceptors (Lipinski definition) is 4. The summed E-state index contributed by atoms with van der Waals surface area (Å²) in [7, 11) is -3.99. The molecule has 3 aromatic carbocycles. The maximum atomic E-state index is 13.1. The molecule has 1 aliphatic rings. The van der Waals surface area contributed by atoms with E-state index in [1.54, 1.807) is 17.0 Å². The lowest BCUT2D eigenvalue weighted by atomic mass is 10.2. The highest BCUT2D eigenvalue weighted by Crippen LogP contribution is 2.32.